The van der Waals surface area contributed by atoms with Crippen molar-refractivity contribution in [1.82, 2.24) is 24.7 Å². The van der Waals surface area contributed by atoms with Gasteiger partial charge in [0.15, 0.2) is 5.16 Å². The van der Waals surface area contributed by atoms with E-state index in [4.69, 9.17) is 4.74 Å². The third-order valence-corrected chi connectivity index (χ3v) is 5.63. The van der Waals surface area contributed by atoms with Crippen LogP contribution in [0.4, 0.5) is 0 Å². The molecule has 2 aromatic carbocycles. The number of nitrogens with one attached hydrogen (secondary N) is 2. The van der Waals surface area contributed by atoms with Gasteiger partial charge in [-0.2, -0.15) is 0 Å². The molecule has 0 aliphatic heterocycles. The second-order valence-corrected chi connectivity index (χ2v) is 7.95. The Kier molecular flexibility index (Phi) is 6.03. The van der Waals surface area contributed by atoms with Gasteiger partial charge in [0, 0.05) is 30.0 Å². The standard InChI is InChI=1S/C22H21N5O3S/c1-14-5-3-6-15(9-14)13-31-22-26-25-19(10-16-11-20(28)24-21(29)23-16)27(22)17-7-4-8-18(12-17)30-2/h3-9,11-12H,10,13H2,1-2H3,(H2,23,24,28,29). The zero-order valence-electron chi connectivity index (χ0n) is 17.1. The van der Waals surface area contributed by atoms with Gasteiger partial charge in [-0.05, 0) is 24.6 Å². The summed E-state index contributed by atoms with van der Waals surface area (Å²) in [5.41, 5.74) is 2.67. The lowest BCUT2D eigenvalue weighted by molar-refractivity contribution is 0.414. The summed E-state index contributed by atoms with van der Waals surface area (Å²) in [7, 11) is 1.61. The maximum Gasteiger partial charge on any atom is 0.325 e. The minimum atomic E-state index is -0.552. The quantitative estimate of drug-likeness (QED) is 0.433. The SMILES string of the molecule is COc1cccc(-n2c(Cc3cc(=O)[nH]c(=O)[nH]3)nnc2SCc2cccc(C)c2)c1. The molecule has 0 atom stereocenters. The average molecular weight is 436 g/mol. The van der Waals surface area contributed by atoms with Gasteiger partial charge < -0.3 is 9.72 Å². The number of thioether (sulfide) groups is 1. The van der Waals surface area contributed by atoms with Crippen molar-refractivity contribution in [2.45, 2.75) is 24.3 Å². The summed E-state index contributed by atoms with van der Waals surface area (Å²) >= 11 is 1.56. The van der Waals surface area contributed by atoms with Gasteiger partial charge in [0.2, 0.25) is 0 Å². The van der Waals surface area contributed by atoms with Crippen LogP contribution in [0.25, 0.3) is 5.69 Å². The molecule has 31 heavy (non-hydrogen) atoms. The van der Waals surface area contributed by atoms with Gasteiger partial charge in [0.05, 0.1) is 12.8 Å². The lowest BCUT2D eigenvalue weighted by atomic mass is 10.2. The number of H-pyrrole nitrogens is 2. The van der Waals surface area contributed by atoms with Crippen molar-refractivity contribution in [3.05, 3.63) is 98.1 Å². The Bertz CT molecular complexity index is 1300. The van der Waals surface area contributed by atoms with Crippen molar-refractivity contribution in [3.63, 3.8) is 0 Å². The molecule has 2 aromatic heterocycles. The molecule has 0 saturated heterocycles. The molecule has 0 radical (unpaired) electrons. The van der Waals surface area contributed by atoms with Crippen molar-refractivity contribution < 1.29 is 4.74 Å². The summed E-state index contributed by atoms with van der Waals surface area (Å²) in [4.78, 5) is 28.2. The number of aromatic amines is 2. The van der Waals surface area contributed by atoms with Crippen molar-refractivity contribution in [1.29, 1.82) is 0 Å². The first-order valence-electron chi connectivity index (χ1n) is 9.61. The van der Waals surface area contributed by atoms with E-state index in [1.807, 2.05) is 34.9 Å². The second kappa shape index (κ2) is 9.05. The highest BCUT2D eigenvalue weighted by atomic mass is 32.2. The monoisotopic (exact) mass is 435 g/mol. The van der Waals surface area contributed by atoms with Crippen molar-refractivity contribution >= 4 is 11.8 Å². The molecule has 0 aliphatic rings. The second-order valence-electron chi connectivity index (χ2n) is 7.00. The van der Waals surface area contributed by atoms with Crippen LogP contribution in [-0.4, -0.2) is 31.8 Å². The third-order valence-electron chi connectivity index (χ3n) is 4.63. The van der Waals surface area contributed by atoms with Gasteiger partial charge in [-0.3, -0.25) is 14.3 Å². The number of aryl methyl sites for hydroxylation is 1. The van der Waals surface area contributed by atoms with Crippen molar-refractivity contribution in [2.75, 3.05) is 7.11 Å². The van der Waals surface area contributed by atoms with Crippen LogP contribution in [-0.2, 0) is 12.2 Å². The molecule has 0 bridgehead atoms. The molecule has 4 rings (SSSR count). The minimum absolute atomic E-state index is 0.244. The van der Waals surface area contributed by atoms with Gasteiger partial charge >= 0.3 is 5.69 Å². The van der Waals surface area contributed by atoms with Crippen LogP contribution in [0.3, 0.4) is 0 Å². The number of nitrogens with zero attached hydrogens (tertiary/aromatic N) is 3. The van der Waals surface area contributed by atoms with E-state index in [-0.39, 0.29) is 6.42 Å². The fourth-order valence-corrected chi connectivity index (χ4v) is 4.17. The molecule has 2 heterocycles. The van der Waals surface area contributed by atoms with Crippen LogP contribution in [0.5, 0.6) is 5.75 Å². The van der Waals surface area contributed by atoms with Gasteiger partial charge in [-0.15, -0.1) is 10.2 Å². The number of benzene rings is 2. The van der Waals surface area contributed by atoms with E-state index in [0.717, 1.165) is 11.4 Å². The van der Waals surface area contributed by atoms with Crippen LogP contribution < -0.4 is 16.0 Å². The molecule has 9 heteroatoms. The van der Waals surface area contributed by atoms with Gasteiger partial charge in [-0.25, -0.2) is 4.79 Å². The van der Waals surface area contributed by atoms with E-state index in [1.54, 1.807) is 18.9 Å². The Morgan fingerprint density at radius 2 is 1.87 bits per heavy atom. The highest BCUT2D eigenvalue weighted by Crippen LogP contribution is 2.27. The Morgan fingerprint density at radius 1 is 1.03 bits per heavy atom. The van der Waals surface area contributed by atoms with E-state index < -0.39 is 11.2 Å². The number of methoxy groups -OCH3 is 1. The van der Waals surface area contributed by atoms with Crippen LogP contribution >= 0.6 is 11.8 Å². The minimum Gasteiger partial charge on any atom is -0.497 e. The normalized spacial score (nSPS) is 10.9. The molecule has 0 spiro atoms. The third kappa shape index (κ3) is 4.95. The predicted molar refractivity (Wildman–Crippen MR) is 119 cm³/mol. The van der Waals surface area contributed by atoms with Crippen molar-refractivity contribution in [2.24, 2.45) is 0 Å². The molecular weight excluding hydrogens is 414 g/mol. The maximum atomic E-state index is 11.7. The molecule has 0 aliphatic carbocycles. The Balaban J connectivity index is 1.72. The summed E-state index contributed by atoms with van der Waals surface area (Å²) in [5.74, 6) is 2.03. The highest BCUT2D eigenvalue weighted by Gasteiger charge is 2.16. The number of hydrogen-bond acceptors (Lipinski definition) is 6. The molecular formula is C22H21N5O3S. The van der Waals surface area contributed by atoms with E-state index in [9.17, 15) is 9.59 Å². The Labute approximate surface area is 182 Å². The summed E-state index contributed by atoms with van der Waals surface area (Å²) < 4.78 is 7.29. The fraction of sp³-hybridized carbons (Fsp3) is 0.182. The number of rotatable bonds is 7. The lowest BCUT2D eigenvalue weighted by Gasteiger charge is -2.12. The largest absolute Gasteiger partial charge is 0.497 e. The first kappa shape index (κ1) is 20.7. The number of ether oxygens (including phenoxy) is 1. The molecule has 0 amide bonds. The molecule has 0 saturated carbocycles. The zero-order chi connectivity index (χ0) is 21.8. The number of aromatic nitrogens is 5. The predicted octanol–water partition coefficient (Wildman–Crippen LogP) is 2.84. The molecule has 0 unspecified atom stereocenters. The molecule has 158 valence electrons. The summed E-state index contributed by atoms with van der Waals surface area (Å²) in [6.45, 7) is 2.06. The summed E-state index contributed by atoms with van der Waals surface area (Å²) in [6, 6.07) is 17.3. The Morgan fingerprint density at radius 3 is 2.65 bits per heavy atom. The van der Waals surface area contributed by atoms with Crippen molar-refractivity contribution in [3.8, 4) is 11.4 Å². The van der Waals surface area contributed by atoms with Crippen LogP contribution in [0.2, 0.25) is 0 Å². The average Bonchev–Trinajstić information content (AvgIpc) is 3.14. The van der Waals surface area contributed by atoms with Crippen LogP contribution in [0.1, 0.15) is 22.6 Å². The lowest BCUT2D eigenvalue weighted by Crippen LogP contribution is -2.23. The van der Waals surface area contributed by atoms with E-state index in [2.05, 4.69) is 45.3 Å². The van der Waals surface area contributed by atoms with E-state index >= 15 is 0 Å². The number of hydrogen-bond donors (Lipinski definition) is 2. The maximum absolute atomic E-state index is 11.7. The van der Waals surface area contributed by atoms with E-state index in [0.29, 0.717) is 22.4 Å². The molecule has 4 aromatic rings. The first-order chi connectivity index (χ1) is 15.0. The highest BCUT2D eigenvalue weighted by molar-refractivity contribution is 7.98. The van der Waals surface area contributed by atoms with E-state index in [1.165, 1.54) is 17.2 Å². The first-order valence-corrected chi connectivity index (χ1v) is 10.6. The van der Waals surface area contributed by atoms with Gasteiger partial charge in [0.25, 0.3) is 5.56 Å². The molecule has 8 nitrogen and oxygen atoms in total. The van der Waals surface area contributed by atoms with Crippen LogP contribution in [0, 0.1) is 6.92 Å². The zero-order valence-corrected chi connectivity index (χ0v) is 17.9. The molecule has 0 fully saturated rings. The Hall–Kier alpha value is -3.59. The summed E-state index contributed by atoms with van der Waals surface area (Å²) in [5, 5.41) is 9.44. The smallest absolute Gasteiger partial charge is 0.325 e. The molecule has 2 N–H and O–H groups in total. The van der Waals surface area contributed by atoms with Gasteiger partial charge in [-0.1, -0.05) is 47.7 Å². The summed E-state index contributed by atoms with van der Waals surface area (Å²) in [6.07, 6.45) is 0.244. The van der Waals surface area contributed by atoms with Crippen LogP contribution in [0.15, 0.2) is 69.3 Å². The van der Waals surface area contributed by atoms with Gasteiger partial charge in [0.1, 0.15) is 11.6 Å². The fourth-order valence-electron chi connectivity index (χ4n) is 3.25. The topological polar surface area (TPSA) is 106 Å².